The molecular formula is C26H21NO4S2. The maximum absolute atomic E-state index is 13.0. The Hall–Kier alpha value is -3.42. The molecule has 0 aliphatic carbocycles. The molecule has 0 radical (unpaired) electrons. The quantitative estimate of drug-likeness (QED) is 0.358. The van der Waals surface area contributed by atoms with Gasteiger partial charge >= 0.3 is 5.97 Å². The molecule has 5 nitrogen and oxygen atoms in total. The highest BCUT2D eigenvalue weighted by Gasteiger charge is 2.40. The number of benzene rings is 3. The van der Waals surface area contributed by atoms with Crippen LogP contribution in [0.5, 0.6) is 5.75 Å². The predicted octanol–water partition coefficient (Wildman–Crippen LogP) is 5.16. The Bertz CT molecular complexity index is 1180. The third kappa shape index (κ3) is 5.69. The highest BCUT2D eigenvalue weighted by molar-refractivity contribution is 8.26. The molecule has 1 aliphatic heterocycles. The van der Waals surface area contributed by atoms with Gasteiger partial charge in [-0.1, -0.05) is 96.8 Å². The molecule has 0 saturated carbocycles. The number of aliphatic carboxylic acids is 1. The van der Waals surface area contributed by atoms with Gasteiger partial charge in [-0.2, -0.15) is 0 Å². The number of carboxylic acids is 1. The Balaban J connectivity index is 1.46. The highest BCUT2D eigenvalue weighted by atomic mass is 32.2. The molecule has 1 aliphatic rings. The van der Waals surface area contributed by atoms with Gasteiger partial charge in [0.1, 0.15) is 22.7 Å². The molecule has 1 N–H and O–H groups in total. The molecule has 7 heteroatoms. The Morgan fingerprint density at radius 1 is 0.970 bits per heavy atom. The second-order valence-electron chi connectivity index (χ2n) is 7.44. The molecule has 1 heterocycles. The molecule has 3 aromatic rings. The number of carbonyl (C=O) groups excluding carboxylic acids is 1. The lowest BCUT2D eigenvalue weighted by molar-refractivity contribution is -0.145. The molecule has 0 bridgehead atoms. The second kappa shape index (κ2) is 10.5. The van der Waals surface area contributed by atoms with E-state index in [4.69, 9.17) is 17.0 Å². The van der Waals surface area contributed by atoms with E-state index < -0.39 is 17.9 Å². The van der Waals surface area contributed by atoms with Crippen LogP contribution in [0, 0.1) is 0 Å². The van der Waals surface area contributed by atoms with Gasteiger partial charge in [-0.15, -0.1) is 0 Å². The molecule has 1 amide bonds. The average Bonchev–Trinajstić information content (AvgIpc) is 3.10. The lowest BCUT2D eigenvalue weighted by atomic mass is 10.0. The van der Waals surface area contributed by atoms with E-state index >= 15 is 0 Å². The molecule has 1 saturated heterocycles. The number of ether oxygens (including phenoxy) is 1. The smallest absolute Gasteiger partial charge is 0.327 e. The SMILES string of the molecule is O=C(O)[C@H](Cc1ccccc1)N1C(=O)/C(=C\c2ccc(OCc3ccccc3)cc2)SC1=S. The van der Waals surface area contributed by atoms with Crippen molar-refractivity contribution in [2.24, 2.45) is 0 Å². The molecule has 1 fully saturated rings. The minimum atomic E-state index is -1.09. The van der Waals surface area contributed by atoms with Crippen LogP contribution in [0.1, 0.15) is 16.7 Å². The Morgan fingerprint density at radius 3 is 2.18 bits per heavy atom. The molecule has 166 valence electrons. The van der Waals surface area contributed by atoms with Gasteiger partial charge in [0, 0.05) is 6.42 Å². The van der Waals surface area contributed by atoms with E-state index in [0.717, 1.165) is 34.2 Å². The summed E-state index contributed by atoms with van der Waals surface area (Å²) in [7, 11) is 0. The van der Waals surface area contributed by atoms with Crippen LogP contribution in [0.3, 0.4) is 0 Å². The third-order valence-corrected chi connectivity index (χ3v) is 6.45. The summed E-state index contributed by atoms with van der Waals surface area (Å²) >= 11 is 6.49. The number of amides is 1. The molecular weight excluding hydrogens is 454 g/mol. The Morgan fingerprint density at radius 2 is 1.58 bits per heavy atom. The zero-order valence-electron chi connectivity index (χ0n) is 17.6. The van der Waals surface area contributed by atoms with Gasteiger partial charge in [-0.25, -0.2) is 4.79 Å². The van der Waals surface area contributed by atoms with Gasteiger partial charge in [0.25, 0.3) is 5.91 Å². The summed E-state index contributed by atoms with van der Waals surface area (Å²) < 4.78 is 6.05. The van der Waals surface area contributed by atoms with E-state index in [1.54, 1.807) is 6.08 Å². The highest BCUT2D eigenvalue weighted by Crippen LogP contribution is 2.35. The zero-order valence-corrected chi connectivity index (χ0v) is 19.2. The summed E-state index contributed by atoms with van der Waals surface area (Å²) in [4.78, 5) is 26.6. The van der Waals surface area contributed by atoms with Crippen molar-refractivity contribution in [1.29, 1.82) is 0 Å². The fourth-order valence-corrected chi connectivity index (χ4v) is 4.78. The summed E-state index contributed by atoms with van der Waals surface area (Å²) in [6.45, 7) is 0.469. The molecule has 3 aromatic carbocycles. The normalized spacial score (nSPS) is 15.6. The summed E-state index contributed by atoms with van der Waals surface area (Å²) in [5, 5.41) is 9.77. The first-order chi connectivity index (χ1) is 16.0. The lowest BCUT2D eigenvalue weighted by Gasteiger charge is -2.23. The fourth-order valence-electron chi connectivity index (χ4n) is 3.43. The number of thiocarbonyl (C=S) groups is 1. The number of rotatable bonds is 8. The van der Waals surface area contributed by atoms with Crippen molar-refractivity contribution < 1.29 is 19.4 Å². The number of nitrogens with zero attached hydrogens (tertiary/aromatic N) is 1. The van der Waals surface area contributed by atoms with E-state index in [-0.39, 0.29) is 10.7 Å². The van der Waals surface area contributed by atoms with Crippen molar-refractivity contribution in [2.45, 2.75) is 19.1 Å². The lowest BCUT2D eigenvalue weighted by Crippen LogP contribution is -2.45. The van der Waals surface area contributed by atoms with Crippen molar-refractivity contribution >= 4 is 46.3 Å². The van der Waals surface area contributed by atoms with E-state index in [2.05, 4.69) is 0 Å². The fraction of sp³-hybridized carbons (Fsp3) is 0.115. The molecule has 1 atom stereocenters. The minimum absolute atomic E-state index is 0.184. The Kier molecular flexibility index (Phi) is 7.22. The van der Waals surface area contributed by atoms with Gasteiger partial charge in [-0.05, 0) is 34.9 Å². The number of carboxylic acid groups (broad SMARTS) is 1. The monoisotopic (exact) mass is 475 g/mol. The van der Waals surface area contributed by atoms with Crippen molar-refractivity contribution in [3.8, 4) is 5.75 Å². The van der Waals surface area contributed by atoms with Gasteiger partial charge in [0.15, 0.2) is 0 Å². The largest absolute Gasteiger partial charge is 0.489 e. The molecule has 0 aromatic heterocycles. The molecule has 4 rings (SSSR count). The molecule has 0 spiro atoms. The molecule has 0 unspecified atom stereocenters. The maximum Gasteiger partial charge on any atom is 0.327 e. The third-order valence-electron chi connectivity index (χ3n) is 5.12. The van der Waals surface area contributed by atoms with Crippen LogP contribution in [0.25, 0.3) is 6.08 Å². The van der Waals surface area contributed by atoms with Crippen molar-refractivity contribution in [2.75, 3.05) is 0 Å². The predicted molar refractivity (Wildman–Crippen MR) is 134 cm³/mol. The average molecular weight is 476 g/mol. The van der Waals surface area contributed by atoms with E-state index in [0.29, 0.717) is 11.5 Å². The number of hydrogen-bond acceptors (Lipinski definition) is 5. The number of thioether (sulfide) groups is 1. The summed E-state index contributed by atoms with van der Waals surface area (Å²) in [6, 6.07) is 25.4. The first-order valence-corrected chi connectivity index (χ1v) is 11.5. The maximum atomic E-state index is 13.0. The van der Waals surface area contributed by atoms with E-state index in [9.17, 15) is 14.7 Å². The van der Waals surface area contributed by atoms with Gasteiger partial charge in [0.05, 0.1) is 4.91 Å². The van der Waals surface area contributed by atoms with Crippen molar-refractivity contribution in [1.82, 2.24) is 4.90 Å². The van der Waals surface area contributed by atoms with E-state index in [1.165, 1.54) is 4.90 Å². The van der Waals surface area contributed by atoms with Gasteiger partial charge in [0.2, 0.25) is 0 Å². The Labute approximate surface area is 201 Å². The first-order valence-electron chi connectivity index (χ1n) is 10.3. The summed E-state index contributed by atoms with van der Waals surface area (Å²) in [5.41, 5.74) is 2.71. The zero-order chi connectivity index (χ0) is 23.2. The first kappa shape index (κ1) is 22.8. The molecule has 33 heavy (non-hydrogen) atoms. The van der Waals surface area contributed by atoms with Crippen LogP contribution in [-0.2, 0) is 22.6 Å². The van der Waals surface area contributed by atoms with Crippen molar-refractivity contribution in [3.05, 3.63) is 107 Å². The summed E-state index contributed by atoms with van der Waals surface area (Å²) in [6.07, 6.45) is 1.91. The van der Waals surface area contributed by atoms with Gasteiger partial charge < -0.3 is 9.84 Å². The minimum Gasteiger partial charge on any atom is -0.489 e. The number of carbonyl (C=O) groups is 2. The van der Waals surface area contributed by atoms with Gasteiger partial charge in [-0.3, -0.25) is 9.69 Å². The van der Waals surface area contributed by atoms with Crippen LogP contribution >= 0.6 is 24.0 Å². The van der Waals surface area contributed by atoms with Crippen LogP contribution < -0.4 is 4.74 Å². The van der Waals surface area contributed by atoms with Crippen LogP contribution in [0.15, 0.2) is 89.8 Å². The standard InChI is InChI=1S/C26H21NO4S2/c28-24-23(16-19-11-13-21(14-12-19)31-17-20-9-5-2-6-10-20)33-26(32)27(24)22(25(29)30)15-18-7-3-1-4-8-18/h1-14,16,22H,15,17H2,(H,29,30)/b23-16+/t22-/m0/s1. The van der Waals surface area contributed by atoms with Crippen molar-refractivity contribution in [3.63, 3.8) is 0 Å². The van der Waals surface area contributed by atoms with Crippen LogP contribution in [0.2, 0.25) is 0 Å². The topological polar surface area (TPSA) is 66.8 Å². The summed E-state index contributed by atoms with van der Waals surface area (Å²) in [5.74, 6) is -0.758. The van der Waals surface area contributed by atoms with Crippen LogP contribution in [-0.4, -0.2) is 32.2 Å². The second-order valence-corrected chi connectivity index (χ2v) is 9.11. The van der Waals surface area contributed by atoms with E-state index in [1.807, 2.05) is 84.9 Å². The van der Waals surface area contributed by atoms with Crippen LogP contribution in [0.4, 0.5) is 0 Å². The number of hydrogen-bond donors (Lipinski definition) is 1.